The van der Waals surface area contributed by atoms with Crippen LogP contribution in [0.5, 0.6) is 5.75 Å². The third kappa shape index (κ3) is 5.60. The molecule has 0 unspecified atom stereocenters. The number of aryl methyl sites for hydroxylation is 2. The molecule has 144 valence electrons. The zero-order chi connectivity index (χ0) is 20.0. The average molecular weight is 374 g/mol. The summed E-state index contributed by atoms with van der Waals surface area (Å²) >= 11 is 0. The average Bonchev–Trinajstić information content (AvgIpc) is 2.97. The van der Waals surface area contributed by atoms with Gasteiger partial charge in [-0.25, -0.2) is 4.79 Å². The summed E-state index contributed by atoms with van der Waals surface area (Å²) in [6.07, 6.45) is 0. The number of carbonyl (C=O) groups is 3. The van der Waals surface area contributed by atoms with E-state index in [9.17, 15) is 14.4 Å². The van der Waals surface area contributed by atoms with Crippen molar-refractivity contribution in [2.24, 2.45) is 0 Å². The number of esters is 1. The SMILES string of the molecule is COc1cccc(NC(=O)CN(C)C(=O)COC(=O)c2cc(C)oc2C)c1. The summed E-state index contributed by atoms with van der Waals surface area (Å²) in [5, 5.41) is 2.67. The molecule has 0 saturated heterocycles. The van der Waals surface area contributed by atoms with Crippen molar-refractivity contribution in [3.8, 4) is 5.75 Å². The fourth-order valence-corrected chi connectivity index (χ4v) is 2.35. The second-order valence-corrected chi connectivity index (χ2v) is 5.93. The van der Waals surface area contributed by atoms with Gasteiger partial charge in [-0.05, 0) is 32.0 Å². The number of hydrogen-bond acceptors (Lipinski definition) is 6. The van der Waals surface area contributed by atoms with Crippen molar-refractivity contribution in [2.75, 3.05) is 32.6 Å². The minimum atomic E-state index is -0.646. The van der Waals surface area contributed by atoms with Gasteiger partial charge in [0.2, 0.25) is 5.91 Å². The Morgan fingerprint density at radius 2 is 1.93 bits per heavy atom. The van der Waals surface area contributed by atoms with Crippen LogP contribution >= 0.6 is 0 Å². The molecule has 1 aromatic carbocycles. The monoisotopic (exact) mass is 374 g/mol. The van der Waals surface area contributed by atoms with Crippen molar-refractivity contribution >= 4 is 23.5 Å². The van der Waals surface area contributed by atoms with Crippen molar-refractivity contribution in [3.63, 3.8) is 0 Å². The molecule has 2 rings (SSSR count). The summed E-state index contributed by atoms with van der Waals surface area (Å²) < 4.78 is 15.3. The number of amides is 2. The minimum Gasteiger partial charge on any atom is -0.497 e. The highest BCUT2D eigenvalue weighted by atomic mass is 16.5. The Morgan fingerprint density at radius 3 is 2.56 bits per heavy atom. The number of hydrogen-bond donors (Lipinski definition) is 1. The van der Waals surface area contributed by atoms with E-state index in [1.807, 2.05) is 0 Å². The van der Waals surface area contributed by atoms with Crippen LogP contribution in [0.3, 0.4) is 0 Å². The summed E-state index contributed by atoms with van der Waals surface area (Å²) in [7, 11) is 2.98. The van der Waals surface area contributed by atoms with Gasteiger partial charge >= 0.3 is 5.97 Å². The fourth-order valence-electron chi connectivity index (χ4n) is 2.35. The van der Waals surface area contributed by atoms with E-state index in [1.54, 1.807) is 44.2 Å². The van der Waals surface area contributed by atoms with E-state index in [-0.39, 0.29) is 18.0 Å². The lowest BCUT2D eigenvalue weighted by molar-refractivity contribution is -0.136. The molecule has 2 amide bonds. The van der Waals surface area contributed by atoms with Gasteiger partial charge in [0.05, 0.1) is 13.7 Å². The molecule has 0 spiro atoms. The Hall–Kier alpha value is -3.29. The summed E-state index contributed by atoms with van der Waals surface area (Å²) in [6, 6.07) is 8.41. The molecule has 1 heterocycles. The maximum Gasteiger partial charge on any atom is 0.342 e. The third-order valence-corrected chi connectivity index (χ3v) is 3.75. The lowest BCUT2D eigenvalue weighted by atomic mass is 10.2. The van der Waals surface area contributed by atoms with E-state index < -0.39 is 18.5 Å². The van der Waals surface area contributed by atoms with Crippen molar-refractivity contribution < 1.29 is 28.3 Å². The molecule has 0 aliphatic rings. The molecular formula is C19H22N2O6. The zero-order valence-electron chi connectivity index (χ0n) is 15.7. The minimum absolute atomic E-state index is 0.183. The predicted molar refractivity (Wildman–Crippen MR) is 97.7 cm³/mol. The van der Waals surface area contributed by atoms with Gasteiger partial charge in [-0.2, -0.15) is 0 Å². The number of furan rings is 1. The Morgan fingerprint density at radius 1 is 1.19 bits per heavy atom. The first-order chi connectivity index (χ1) is 12.8. The summed E-state index contributed by atoms with van der Waals surface area (Å²) in [5.74, 6) is 0.0858. The number of methoxy groups -OCH3 is 1. The molecule has 8 nitrogen and oxygen atoms in total. The van der Waals surface area contributed by atoms with Crippen molar-refractivity contribution in [3.05, 3.63) is 47.4 Å². The molecule has 8 heteroatoms. The summed E-state index contributed by atoms with van der Waals surface area (Å²) in [4.78, 5) is 37.3. The molecule has 0 aliphatic heterocycles. The van der Waals surface area contributed by atoms with Crippen LogP contribution in [0.15, 0.2) is 34.7 Å². The summed E-state index contributed by atoms with van der Waals surface area (Å²) in [5.41, 5.74) is 0.830. The van der Waals surface area contributed by atoms with Gasteiger partial charge < -0.3 is 24.1 Å². The predicted octanol–water partition coefficient (Wildman–Crippen LogP) is 2.16. The number of nitrogens with one attached hydrogen (secondary N) is 1. The molecule has 1 aromatic heterocycles. The van der Waals surface area contributed by atoms with E-state index in [1.165, 1.54) is 19.1 Å². The number of benzene rings is 1. The second-order valence-electron chi connectivity index (χ2n) is 5.93. The topological polar surface area (TPSA) is 98.1 Å². The van der Waals surface area contributed by atoms with Crippen LogP contribution in [-0.2, 0) is 14.3 Å². The Bertz CT molecular complexity index is 842. The molecule has 0 atom stereocenters. The first-order valence-electron chi connectivity index (χ1n) is 8.22. The number of anilines is 1. The fraction of sp³-hybridized carbons (Fsp3) is 0.316. The van der Waals surface area contributed by atoms with E-state index in [0.29, 0.717) is 23.0 Å². The van der Waals surface area contributed by atoms with E-state index in [0.717, 1.165) is 0 Å². The molecule has 0 bridgehead atoms. The lowest BCUT2D eigenvalue weighted by Crippen LogP contribution is -2.37. The van der Waals surface area contributed by atoms with E-state index in [2.05, 4.69) is 5.32 Å². The quantitative estimate of drug-likeness (QED) is 0.746. The molecule has 0 aliphatic carbocycles. The number of carbonyl (C=O) groups excluding carboxylic acids is 3. The van der Waals surface area contributed by atoms with Gasteiger partial charge in [-0.15, -0.1) is 0 Å². The van der Waals surface area contributed by atoms with Crippen LogP contribution in [0.1, 0.15) is 21.9 Å². The number of ether oxygens (including phenoxy) is 2. The number of nitrogens with zero attached hydrogens (tertiary/aromatic N) is 1. The van der Waals surface area contributed by atoms with Crippen molar-refractivity contribution in [1.82, 2.24) is 4.90 Å². The van der Waals surface area contributed by atoms with Gasteiger partial charge in [0, 0.05) is 18.8 Å². The highest BCUT2D eigenvalue weighted by Crippen LogP contribution is 2.17. The van der Waals surface area contributed by atoms with Crippen LogP contribution in [0.4, 0.5) is 5.69 Å². The first kappa shape index (κ1) is 20.0. The van der Waals surface area contributed by atoms with Gasteiger partial charge in [0.25, 0.3) is 5.91 Å². The Labute approximate surface area is 157 Å². The molecule has 0 radical (unpaired) electrons. The molecular weight excluding hydrogens is 352 g/mol. The van der Waals surface area contributed by atoms with E-state index in [4.69, 9.17) is 13.9 Å². The largest absolute Gasteiger partial charge is 0.497 e. The lowest BCUT2D eigenvalue weighted by Gasteiger charge is -2.17. The standard InChI is InChI=1S/C19H22N2O6/c1-12-8-16(13(2)27-12)19(24)26-11-18(23)21(3)10-17(22)20-14-6-5-7-15(9-14)25-4/h5-9H,10-11H2,1-4H3,(H,20,22). The van der Waals surface area contributed by atoms with Gasteiger partial charge in [0.15, 0.2) is 6.61 Å². The second kappa shape index (κ2) is 8.88. The third-order valence-electron chi connectivity index (χ3n) is 3.75. The van der Waals surface area contributed by atoms with Gasteiger partial charge in [0.1, 0.15) is 22.8 Å². The van der Waals surface area contributed by atoms with Crippen LogP contribution in [-0.4, -0.2) is 50.0 Å². The molecule has 0 fully saturated rings. The molecule has 2 aromatic rings. The molecule has 1 N–H and O–H groups in total. The smallest absolute Gasteiger partial charge is 0.342 e. The van der Waals surface area contributed by atoms with Gasteiger partial charge in [-0.3, -0.25) is 9.59 Å². The number of likely N-dealkylation sites (N-methyl/N-ethyl adjacent to an activating group) is 1. The van der Waals surface area contributed by atoms with Crippen LogP contribution in [0.25, 0.3) is 0 Å². The van der Waals surface area contributed by atoms with Crippen molar-refractivity contribution in [2.45, 2.75) is 13.8 Å². The van der Waals surface area contributed by atoms with Crippen LogP contribution in [0.2, 0.25) is 0 Å². The maximum atomic E-state index is 12.1. The van der Waals surface area contributed by atoms with Crippen LogP contribution in [0, 0.1) is 13.8 Å². The maximum absolute atomic E-state index is 12.1. The number of rotatable bonds is 7. The zero-order valence-corrected chi connectivity index (χ0v) is 15.7. The Kier molecular flexibility index (Phi) is 6.59. The van der Waals surface area contributed by atoms with E-state index >= 15 is 0 Å². The first-order valence-corrected chi connectivity index (χ1v) is 8.22. The highest BCUT2D eigenvalue weighted by molar-refractivity contribution is 5.95. The van der Waals surface area contributed by atoms with Gasteiger partial charge in [-0.1, -0.05) is 6.07 Å². The van der Waals surface area contributed by atoms with Crippen LogP contribution < -0.4 is 10.1 Å². The Balaban J connectivity index is 1.83. The molecule has 0 saturated carbocycles. The molecule has 27 heavy (non-hydrogen) atoms. The van der Waals surface area contributed by atoms with Crippen molar-refractivity contribution in [1.29, 1.82) is 0 Å². The summed E-state index contributed by atoms with van der Waals surface area (Å²) in [6.45, 7) is 2.70. The normalized spacial score (nSPS) is 10.2. The highest BCUT2D eigenvalue weighted by Gasteiger charge is 2.19.